The van der Waals surface area contributed by atoms with E-state index in [0.29, 0.717) is 10.6 Å². The molecule has 6 N–H and O–H groups in total. The predicted octanol–water partition coefficient (Wildman–Crippen LogP) is 0.616. The molecular formula is C16H22N5O2S+. The lowest BCUT2D eigenvalue weighted by Gasteiger charge is -2.26. The van der Waals surface area contributed by atoms with E-state index in [1.54, 1.807) is 0 Å². The van der Waals surface area contributed by atoms with Gasteiger partial charge in [0.15, 0.2) is 4.83 Å². The van der Waals surface area contributed by atoms with Crippen molar-refractivity contribution in [2.24, 2.45) is 5.84 Å². The second-order valence-corrected chi connectivity index (χ2v) is 7.28. The number of hydrogen-bond acceptors (Lipinski definition) is 6. The first-order valence-corrected chi connectivity index (χ1v) is 9.15. The first-order chi connectivity index (χ1) is 11.7. The number of nitrogens with two attached hydrogens (primary N) is 2. The van der Waals surface area contributed by atoms with Gasteiger partial charge in [0.05, 0.1) is 24.3 Å². The molecule has 7 nitrogen and oxygen atoms in total. The van der Waals surface area contributed by atoms with Gasteiger partial charge in [-0.2, -0.15) is 0 Å². The van der Waals surface area contributed by atoms with Crippen molar-refractivity contribution >= 4 is 39.0 Å². The highest BCUT2D eigenvalue weighted by Crippen LogP contribution is 2.40. The molecule has 1 saturated heterocycles. The molecule has 0 spiro atoms. The molecule has 0 aromatic carbocycles. The lowest BCUT2D eigenvalue weighted by Crippen LogP contribution is -2.40. The van der Waals surface area contributed by atoms with Gasteiger partial charge >= 0.3 is 0 Å². The maximum atomic E-state index is 12.0. The number of anilines is 2. The molecule has 8 heteroatoms. The average molecular weight is 348 g/mol. The number of aromatic amines is 1. The molecule has 2 aromatic rings. The zero-order valence-corrected chi connectivity index (χ0v) is 14.3. The van der Waals surface area contributed by atoms with Crippen molar-refractivity contribution in [3.05, 3.63) is 16.0 Å². The molecule has 3 heterocycles. The van der Waals surface area contributed by atoms with Crippen LogP contribution in [0, 0.1) is 0 Å². The number of rotatable bonds is 2. The van der Waals surface area contributed by atoms with E-state index < -0.39 is 0 Å². The summed E-state index contributed by atoms with van der Waals surface area (Å²) in [6, 6.07) is 0. The van der Waals surface area contributed by atoms with Crippen molar-refractivity contribution in [3.63, 3.8) is 0 Å². The normalized spacial score (nSPS) is 17.8. The van der Waals surface area contributed by atoms with E-state index >= 15 is 0 Å². The van der Waals surface area contributed by atoms with Gasteiger partial charge in [0.1, 0.15) is 18.0 Å². The summed E-state index contributed by atoms with van der Waals surface area (Å²) in [6.07, 6.45) is 4.39. The Hall–Kier alpha value is -1.90. The zero-order chi connectivity index (χ0) is 16.7. The second kappa shape index (κ2) is 6.19. The first-order valence-electron chi connectivity index (χ1n) is 8.33. The third kappa shape index (κ3) is 2.42. The molecule has 4 rings (SSSR count). The van der Waals surface area contributed by atoms with Gasteiger partial charge in [-0.3, -0.25) is 15.1 Å². The smallest absolute Gasteiger partial charge is 0.279 e. The Kier molecular flexibility index (Phi) is 4.03. The van der Waals surface area contributed by atoms with E-state index in [2.05, 4.69) is 15.3 Å². The van der Waals surface area contributed by atoms with Crippen molar-refractivity contribution < 1.29 is 14.5 Å². The number of ether oxygens (including phenoxy) is 1. The lowest BCUT2D eigenvalue weighted by atomic mass is 9.89. The van der Waals surface area contributed by atoms with Crippen LogP contribution in [0.25, 0.3) is 10.2 Å². The number of nitrogens with zero attached hydrogens (tertiary/aromatic N) is 1. The summed E-state index contributed by atoms with van der Waals surface area (Å²) in [5.74, 6) is 6.13. The number of pyridine rings is 1. The molecule has 128 valence electrons. The number of hydrazine groups is 1. The number of fused-ring (bicyclic) bond motifs is 3. The van der Waals surface area contributed by atoms with Gasteiger partial charge in [-0.15, -0.1) is 0 Å². The number of aryl methyl sites for hydroxylation is 1. The Morgan fingerprint density at radius 3 is 2.62 bits per heavy atom. The van der Waals surface area contributed by atoms with Crippen LogP contribution < -0.4 is 26.9 Å². The molecule has 2 aliphatic rings. The summed E-state index contributed by atoms with van der Waals surface area (Å²) < 4.78 is 5.48. The van der Waals surface area contributed by atoms with Crippen LogP contribution in [0.4, 0.5) is 11.5 Å². The lowest BCUT2D eigenvalue weighted by molar-refractivity contribution is -0.328. The fourth-order valence-electron chi connectivity index (χ4n) is 3.75. The third-order valence-corrected chi connectivity index (χ3v) is 6.02. The maximum Gasteiger partial charge on any atom is 0.279 e. The van der Waals surface area contributed by atoms with Crippen LogP contribution in [-0.2, 0) is 17.6 Å². The minimum absolute atomic E-state index is 0.334. The summed E-state index contributed by atoms with van der Waals surface area (Å²) in [5, 5.41) is 1.00. The van der Waals surface area contributed by atoms with E-state index in [-0.39, 0.29) is 5.91 Å². The monoisotopic (exact) mass is 348 g/mol. The Labute approximate surface area is 143 Å². The number of H-pyrrole nitrogens is 1. The molecule has 0 saturated carbocycles. The number of amides is 1. The Balaban J connectivity index is 1.92. The SMILES string of the molecule is NNC(=O)c1sc2[nH+]c(N3CCOCC3)c3c(c2c1N)CCCC3. The van der Waals surface area contributed by atoms with E-state index in [1.165, 1.54) is 34.7 Å². The minimum atomic E-state index is -0.334. The molecule has 0 atom stereocenters. The number of carbonyl (C=O) groups excluding carboxylic acids is 1. The highest BCUT2D eigenvalue weighted by molar-refractivity contribution is 7.20. The molecule has 1 fully saturated rings. The minimum Gasteiger partial charge on any atom is -0.397 e. The summed E-state index contributed by atoms with van der Waals surface area (Å²) in [6.45, 7) is 3.25. The van der Waals surface area contributed by atoms with E-state index in [9.17, 15) is 4.79 Å². The van der Waals surface area contributed by atoms with Gasteiger partial charge in [0, 0.05) is 5.56 Å². The molecule has 2 aromatic heterocycles. The van der Waals surface area contributed by atoms with Gasteiger partial charge in [0.25, 0.3) is 11.7 Å². The maximum absolute atomic E-state index is 12.0. The first kappa shape index (κ1) is 15.6. The molecule has 24 heavy (non-hydrogen) atoms. The van der Waals surface area contributed by atoms with Gasteiger partial charge in [-0.1, -0.05) is 11.3 Å². The Bertz CT molecular complexity index is 798. The van der Waals surface area contributed by atoms with Crippen molar-refractivity contribution in [2.45, 2.75) is 25.7 Å². The summed E-state index contributed by atoms with van der Waals surface area (Å²) in [5.41, 5.74) is 11.7. The molecule has 0 radical (unpaired) electrons. The number of nitrogens with one attached hydrogen (secondary N) is 2. The van der Waals surface area contributed by atoms with Gasteiger partial charge in [0.2, 0.25) is 0 Å². The summed E-state index contributed by atoms with van der Waals surface area (Å²) >= 11 is 1.38. The van der Waals surface area contributed by atoms with Gasteiger partial charge in [-0.05, 0) is 31.2 Å². The Morgan fingerprint density at radius 1 is 1.21 bits per heavy atom. The van der Waals surface area contributed by atoms with Gasteiger partial charge in [-0.25, -0.2) is 10.8 Å². The summed E-state index contributed by atoms with van der Waals surface area (Å²) in [4.78, 5) is 19.4. The van der Waals surface area contributed by atoms with Crippen LogP contribution in [0.3, 0.4) is 0 Å². The fraction of sp³-hybridized carbons (Fsp3) is 0.500. The van der Waals surface area contributed by atoms with Crippen LogP contribution in [0.15, 0.2) is 0 Å². The quantitative estimate of drug-likeness (QED) is 0.419. The van der Waals surface area contributed by atoms with Gasteiger partial charge < -0.3 is 10.5 Å². The van der Waals surface area contributed by atoms with Crippen LogP contribution in [0.5, 0.6) is 0 Å². The standard InChI is InChI=1S/C16H21N5O2S/c17-12-11-9-3-1-2-4-10(9)14(21-5-7-23-8-6-21)19-16(11)24-13(12)15(22)20-18/h1-8,17-18H2,(H,20,22)/p+1. The Morgan fingerprint density at radius 2 is 1.92 bits per heavy atom. The number of nitrogen functional groups attached to an aromatic ring is 2. The number of hydrogen-bond donors (Lipinski definition) is 3. The number of thiophene rings is 1. The second-order valence-electron chi connectivity index (χ2n) is 6.26. The van der Waals surface area contributed by atoms with Crippen LogP contribution in [0.1, 0.15) is 33.6 Å². The van der Waals surface area contributed by atoms with Crippen molar-refractivity contribution in [2.75, 3.05) is 36.9 Å². The van der Waals surface area contributed by atoms with E-state index in [4.69, 9.17) is 16.3 Å². The molecule has 0 unspecified atom stereocenters. The molecule has 1 aliphatic heterocycles. The topological polar surface area (TPSA) is 108 Å². The fourth-order valence-corrected chi connectivity index (χ4v) is 4.80. The summed E-state index contributed by atoms with van der Waals surface area (Å²) in [7, 11) is 0. The molecule has 1 amide bonds. The average Bonchev–Trinajstić information content (AvgIpc) is 2.98. The zero-order valence-electron chi connectivity index (χ0n) is 13.5. The van der Waals surface area contributed by atoms with Crippen LogP contribution in [-0.4, -0.2) is 32.2 Å². The van der Waals surface area contributed by atoms with Crippen molar-refractivity contribution in [1.82, 2.24) is 5.43 Å². The largest absolute Gasteiger partial charge is 0.397 e. The number of aromatic nitrogens is 1. The molecular weight excluding hydrogens is 326 g/mol. The third-order valence-electron chi connectivity index (χ3n) is 4.90. The van der Waals surface area contributed by atoms with Crippen molar-refractivity contribution in [3.8, 4) is 0 Å². The van der Waals surface area contributed by atoms with E-state index in [1.807, 2.05) is 0 Å². The number of morpholine rings is 1. The number of carbonyl (C=O) groups is 1. The molecule has 0 bridgehead atoms. The highest BCUT2D eigenvalue weighted by Gasteiger charge is 2.31. The highest BCUT2D eigenvalue weighted by atomic mass is 32.1. The van der Waals surface area contributed by atoms with Crippen LogP contribution >= 0.6 is 11.3 Å². The molecule has 1 aliphatic carbocycles. The predicted molar refractivity (Wildman–Crippen MR) is 94.1 cm³/mol. The van der Waals surface area contributed by atoms with Crippen molar-refractivity contribution in [1.29, 1.82) is 0 Å². The van der Waals surface area contributed by atoms with E-state index in [0.717, 1.165) is 55.8 Å². The van der Waals surface area contributed by atoms with Crippen LogP contribution in [0.2, 0.25) is 0 Å².